The van der Waals surface area contributed by atoms with Crippen LogP contribution < -0.4 is 5.48 Å². The lowest BCUT2D eigenvalue weighted by molar-refractivity contribution is -0.136. The summed E-state index contributed by atoms with van der Waals surface area (Å²) in [5.74, 6) is -0.949. The van der Waals surface area contributed by atoms with Gasteiger partial charge in [0.2, 0.25) is 5.91 Å². The Balaban J connectivity index is 2.14. The average molecular weight is 420 g/mol. The van der Waals surface area contributed by atoms with Crippen LogP contribution in [0.1, 0.15) is 39.0 Å². The van der Waals surface area contributed by atoms with Gasteiger partial charge in [0, 0.05) is 39.3 Å². The Morgan fingerprint density at radius 2 is 1.82 bits per heavy atom. The van der Waals surface area contributed by atoms with E-state index in [0.717, 1.165) is 30.2 Å². The molecule has 0 bridgehead atoms. The third-order valence-corrected chi connectivity index (χ3v) is 7.38. The lowest BCUT2D eigenvalue weighted by Crippen LogP contribution is -2.56. The minimum Gasteiger partial charge on any atom is -0.339 e. The van der Waals surface area contributed by atoms with Gasteiger partial charge in [0.05, 0.1) is 6.54 Å². The largest absolute Gasteiger partial charge is 0.339 e. The Morgan fingerprint density at radius 3 is 2.43 bits per heavy atom. The molecule has 2 aliphatic heterocycles. The molecule has 2 fully saturated rings. The molecule has 28 heavy (non-hydrogen) atoms. The van der Waals surface area contributed by atoms with Crippen molar-refractivity contribution in [3.8, 4) is 0 Å². The second-order valence-electron chi connectivity index (χ2n) is 7.48. The summed E-state index contributed by atoms with van der Waals surface area (Å²) in [6, 6.07) is -0.723. The highest BCUT2D eigenvalue weighted by molar-refractivity contribution is 7.86. The molecule has 0 spiro atoms. The van der Waals surface area contributed by atoms with E-state index in [0.29, 0.717) is 32.4 Å². The van der Waals surface area contributed by atoms with E-state index in [4.69, 9.17) is 5.21 Å². The van der Waals surface area contributed by atoms with Gasteiger partial charge in [-0.3, -0.25) is 14.8 Å². The molecule has 2 N–H and O–H groups in total. The summed E-state index contributed by atoms with van der Waals surface area (Å²) in [7, 11) is -2.00. The molecular formula is C17H33N5O5S. The maximum Gasteiger partial charge on any atom is 0.283 e. The van der Waals surface area contributed by atoms with Crippen LogP contribution in [0, 0.1) is 0 Å². The number of hydroxylamine groups is 1. The molecule has 162 valence electrons. The number of nitrogens with one attached hydrogen (secondary N) is 1. The van der Waals surface area contributed by atoms with Crippen molar-refractivity contribution in [2.45, 2.75) is 45.1 Å². The molecule has 0 aromatic rings. The van der Waals surface area contributed by atoms with Gasteiger partial charge in [0.15, 0.2) is 0 Å². The van der Waals surface area contributed by atoms with Gasteiger partial charge in [-0.2, -0.15) is 17.0 Å². The summed E-state index contributed by atoms with van der Waals surface area (Å²) in [4.78, 5) is 28.5. The van der Waals surface area contributed by atoms with E-state index in [2.05, 4.69) is 4.90 Å². The molecule has 10 nitrogen and oxygen atoms in total. The molecule has 2 amide bonds. The van der Waals surface area contributed by atoms with Gasteiger partial charge in [-0.25, -0.2) is 5.48 Å². The standard InChI is InChI=1S/C17H33N5O5S/c1-3-4-5-8-21(14-16(23)18-25)28(26,27)22-9-6-7-15(22)17(24)20-12-10-19(2)11-13-20/h15,25H,3-14H2,1-2H3,(H,18,23). The van der Waals surface area contributed by atoms with E-state index in [1.807, 2.05) is 14.0 Å². The molecular weight excluding hydrogens is 386 g/mol. The third-order valence-electron chi connectivity index (χ3n) is 5.38. The molecule has 0 saturated carbocycles. The zero-order valence-electron chi connectivity index (χ0n) is 16.8. The Kier molecular flexibility index (Phi) is 8.62. The monoisotopic (exact) mass is 419 g/mol. The van der Waals surface area contributed by atoms with Crippen molar-refractivity contribution < 1.29 is 23.2 Å². The van der Waals surface area contributed by atoms with Crippen LogP contribution in [0.15, 0.2) is 0 Å². The number of carbonyl (C=O) groups excluding carboxylic acids is 2. The van der Waals surface area contributed by atoms with Crippen molar-refractivity contribution in [3.05, 3.63) is 0 Å². The predicted molar refractivity (Wildman–Crippen MR) is 104 cm³/mol. The number of likely N-dealkylation sites (N-methyl/N-ethyl adjacent to an activating group) is 1. The third kappa shape index (κ3) is 5.63. The highest BCUT2D eigenvalue weighted by Gasteiger charge is 2.43. The summed E-state index contributed by atoms with van der Waals surface area (Å²) in [5.41, 5.74) is 1.49. The van der Waals surface area contributed by atoms with Crippen LogP contribution in [0.25, 0.3) is 0 Å². The number of amides is 2. The van der Waals surface area contributed by atoms with Crippen LogP contribution in [0.4, 0.5) is 0 Å². The molecule has 0 aliphatic carbocycles. The fraction of sp³-hybridized carbons (Fsp3) is 0.882. The molecule has 0 radical (unpaired) electrons. The van der Waals surface area contributed by atoms with E-state index in [1.165, 1.54) is 9.79 Å². The lowest BCUT2D eigenvalue weighted by atomic mass is 10.2. The summed E-state index contributed by atoms with van der Waals surface area (Å²) >= 11 is 0. The summed E-state index contributed by atoms with van der Waals surface area (Å²) in [6.07, 6.45) is 3.45. The van der Waals surface area contributed by atoms with Crippen LogP contribution in [0.3, 0.4) is 0 Å². The Morgan fingerprint density at radius 1 is 1.14 bits per heavy atom. The summed E-state index contributed by atoms with van der Waals surface area (Å²) in [6.45, 7) is 4.70. The highest BCUT2D eigenvalue weighted by Crippen LogP contribution is 2.25. The first-order valence-corrected chi connectivity index (χ1v) is 11.4. The van der Waals surface area contributed by atoms with Crippen molar-refractivity contribution in [1.82, 2.24) is 23.9 Å². The molecule has 2 heterocycles. The Labute approximate surface area is 167 Å². The lowest BCUT2D eigenvalue weighted by Gasteiger charge is -2.36. The van der Waals surface area contributed by atoms with E-state index < -0.39 is 28.7 Å². The minimum absolute atomic E-state index is 0.158. The molecule has 1 atom stereocenters. The summed E-state index contributed by atoms with van der Waals surface area (Å²) in [5, 5.41) is 8.82. The van der Waals surface area contributed by atoms with Gasteiger partial charge < -0.3 is 9.80 Å². The van der Waals surface area contributed by atoms with Crippen LogP contribution >= 0.6 is 0 Å². The smallest absolute Gasteiger partial charge is 0.283 e. The maximum absolute atomic E-state index is 13.2. The zero-order chi connectivity index (χ0) is 20.7. The van der Waals surface area contributed by atoms with Crippen molar-refractivity contribution in [3.63, 3.8) is 0 Å². The Bertz CT molecular complexity index is 636. The van der Waals surface area contributed by atoms with E-state index >= 15 is 0 Å². The van der Waals surface area contributed by atoms with Gasteiger partial charge in [-0.15, -0.1) is 0 Å². The molecule has 0 aromatic heterocycles. The molecule has 11 heteroatoms. The van der Waals surface area contributed by atoms with E-state index in [-0.39, 0.29) is 19.0 Å². The number of hydrogen-bond acceptors (Lipinski definition) is 6. The second kappa shape index (κ2) is 10.5. The molecule has 2 rings (SSSR count). The first-order valence-electron chi connectivity index (χ1n) is 9.98. The van der Waals surface area contributed by atoms with E-state index in [9.17, 15) is 18.0 Å². The number of unbranched alkanes of at least 4 members (excludes halogenated alkanes) is 2. The van der Waals surface area contributed by atoms with Crippen molar-refractivity contribution in [2.75, 3.05) is 52.9 Å². The van der Waals surface area contributed by atoms with Crippen molar-refractivity contribution >= 4 is 22.0 Å². The minimum atomic E-state index is -3.99. The molecule has 1 unspecified atom stereocenters. The molecule has 2 aliphatic rings. The zero-order valence-corrected chi connectivity index (χ0v) is 17.7. The van der Waals surface area contributed by atoms with E-state index in [1.54, 1.807) is 4.90 Å². The maximum atomic E-state index is 13.2. The average Bonchev–Trinajstić information content (AvgIpc) is 3.18. The van der Waals surface area contributed by atoms with Crippen LogP contribution in [0.2, 0.25) is 0 Å². The first-order chi connectivity index (χ1) is 13.3. The SMILES string of the molecule is CCCCCN(CC(=O)NO)S(=O)(=O)N1CCCC1C(=O)N1CCN(C)CC1. The Hall–Kier alpha value is -1.27. The van der Waals surface area contributed by atoms with Gasteiger partial charge in [-0.1, -0.05) is 19.8 Å². The number of carbonyl (C=O) groups is 2. The first kappa shape index (κ1) is 23.0. The van der Waals surface area contributed by atoms with Gasteiger partial charge in [-0.05, 0) is 26.3 Å². The van der Waals surface area contributed by atoms with Gasteiger partial charge in [0.25, 0.3) is 16.1 Å². The molecule has 2 saturated heterocycles. The fourth-order valence-electron chi connectivity index (χ4n) is 3.66. The topological polar surface area (TPSA) is 114 Å². The number of rotatable bonds is 9. The fourth-order valence-corrected chi connectivity index (χ4v) is 5.47. The summed E-state index contributed by atoms with van der Waals surface area (Å²) < 4.78 is 28.8. The van der Waals surface area contributed by atoms with Gasteiger partial charge >= 0.3 is 0 Å². The number of piperazine rings is 1. The second-order valence-corrected chi connectivity index (χ2v) is 9.36. The predicted octanol–water partition coefficient (Wildman–Crippen LogP) is -0.533. The molecule has 0 aromatic carbocycles. The van der Waals surface area contributed by atoms with Crippen LogP contribution in [-0.4, -0.2) is 103 Å². The van der Waals surface area contributed by atoms with Gasteiger partial charge in [0.1, 0.15) is 6.04 Å². The van der Waals surface area contributed by atoms with Crippen molar-refractivity contribution in [2.24, 2.45) is 0 Å². The van der Waals surface area contributed by atoms with Crippen LogP contribution in [0.5, 0.6) is 0 Å². The normalized spacial score (nSPS) is 22.0. The van der Waals surface area contributed by atoms with Crippen LogP contribution in [-0.2, 0) is 19.8 Å². The quantitative estimate of drug-likeness (QED) is 0.295. The number of nitrogens with zero attached hydrogens (tertiary/aromatic N) is 4. The van der Waals surface area contributed by atoms with Crippen molar-refractivity contribution in [1.29, 1.82) is 0 Å². The highest BCUT2D eigenvalue weighted by atomic mass is 32.2. The number of hydrogen-bond donors (Lipinski definition) is 2.